The van der Waals surface area contributed by atoms with Crippen molar-refractivity contribution in [1.82, 2.24) is 19.6 Å². The lowest BCUT2D eigenvalue weighted by molar-refractivity contribution is -0.135. The molecule has 0 aliphatic carbocycles. The molecule has 2 heterocycles. The summed E-state index contributed by atoms with van der Waals surface area (Å²) in [5.74, 6) is 1.09. The van der Waals surface area contributed by atoms with E-state index in [1.165, 1.54) is 11.8 Å². The van der Waals surface area contributed by atoms with Gasteiger partial charge in [-0.1, -0.05) is 11.8 Å². The van der Waals surface area contributed by atoms with Crippen molar-refractivity contribution in [2.45, 2.75) is 20.3 Å². The molecular formula is C16H28N4O3S. The largest absolute Gasteiger partial charge is 0.342 e. The van der Waals surface area contributed by atoms with Gasteiger partial charge >= 0.3 is 0 Å². The Hall–Kier alpha value is -1.28. The van der Waals surface area contributed by atoms with Crippen LogP contribution >= 0.6 is 11.8 Å². The number of amides is 3. The van der Waals surface area contributed by atoms with E-state index in [1.807, 2.05) is 23.6 Å². The molecule has 2 rings (SSSR count). The van der Waals surface area contributed by atoms with E-state index in [-0.39, 0.29) is 17.1 Å². The van der Waals surface area contributed by atoms with Crippen LogP contribution in [-0.2, 0) is 9.59 Å². The highest BCUT2D eigenvalue weighted by atomic mass is 32.2. The Morgan fingerprint density at radius 2 is 1.75 bits per heavy atom. The number of carbonyl (C=O) groups excluding carboxylic acids is 3. The van der Waals surface area contributed by atoms with Crippen molar-refractivity contribution in [3.05, 3.63) is 0 Å². The molecule has 0 bridgehead atoms. The molecule has 0 radical (unpaired) electrons. The van der Waals surface area contributed by atoms with Gasteiger partial charge < -0.3 is 14.7 Å². The van der Waals surface area contributed by atoms with E-state index < -0.39 is 0 Å². The van der Waals surface area contributed by atoms with Gasteiger partial charge in [0, 0.05) is 64.5 Å². The van der Waals surface area contributed by atoms with E-state index in [2.05, 4.69) is 4.90 Å². The first-order valence-corrected chi connectivity index (χ1v) is 9.73. The molecule has 3 amide bonds. The number of nitrogens with zero attached hydrogens (tertiary/aromatic N) is 4. The molecule has 24 heavy (non-hydrogen) atoms. The number of likely N-dealkylation sites (N-methyl/N-ethyl adjacent to an activating group) is 1. The second kappa shape index (κ2) is 9.27. The fourth-order valence-electron chi connectivity index (χ4n) is 3.04. The third-order valence-corrected chi connectivity index (χ3v) is 5.53. The average Bonchev–Trinajstić information content (AvgIpc) is 2.99. The third-order valence-electron chi connectivity index (χ3n) is 4.64. The molecule has 0 aromatic carbocycles. The van der Waals surface area contributed by atoms with Crippen LogP contribution in [0.5, 0.6) is 0 Å². The summed E-state index contributed by atoms with van der Waals surface area (Å²) in [6.45, 7) is 9.94. The first-order valence-electron chi connectivity index (χ1n) is 8.74. The maximum Gasteiger partial charge on any atom is 0.281 e. The number of hydrogen-bond acceptors (Lipinski definition) is 5. The maximum absolute atomic E-state index is 12.3. The Balaban J connectivity index is 1.69. The highest BCUT2D eigenvalue weighted by molar-refractivity contribution is 8.13. The monoisotopic (exact) mass is 356 g/mol. The summed E-state index contributed by atoms with van der Waals surface area (Å²) in [6, 6.07) is 0. The number of rotatable bonds is 7. The van der Waals surface area contributed by atoms with Crippen molar-refractivity contribution in [3.63, 3.8) is 0 Å². The van der Waals surface area contributed by atoms with Crippen molar-refractivity contribution in [2.75, 3.05) is 64.7 Å². The minimum absolute atomic E-state index is 0.0857. The quantitative estimate of drug-likeness (QED) is 0.667. The van der Waals surface area contributed by atoms with Gasteiger partial charge in [-0.3, -0.25) is 19.3 Å². The topological polar surface area (TPSA) is 64.2 Å². The Morgan fingerprint density at radius 3 is 2.29 bits per heavy atom. The smallest absolute Gasteiger partial charge is 0.281 e. The van der Waals surface area contributed by atoms with E-state index in [0.717, 1.165) is 38.5 Å². The molecule has 0 N–H and O–H groups in total. The van der Waals surface area contributed by atoms with Crippen LogP contribution in [0.1, 0.15) is 20.3 Å². The summed E-state index contributed by atoms with van der Waals surface area (Å²) in [6.07, 6.45) is 0.394. The zero-order valence-electron chi connectivity index (χ0n) is 14.7. The first kappa shape index (κ1) is 19.1. The van der Waals surface area contributed by atoms with E-state index in [0.29, 0.717) is 32.6 Å². The summed E-state index contributed by atoms with van der Waals surface area (Å²) >= 11 is 1.32. The van der Waals surface area contributed by atoms with Crippen LogP contribution in [-0.4, -0.2) is 101 Å². The highest BCUT2D eigenvalue weighted by Crippen LogP contribution is 2.17. The highest BCUT2D eigenvalue weighted by Gasteiger charge is 2.25. The molecule has 136 valence electrons. The van der Waals surface area contributed by atoms with Gasteiger partial charge in [0.2, 0.25) is 11.8 Å². The number of piperazine rings is 1. The van der Waals surface area contributed by atoms with Gasteiger partial charge in [0.15, 0.2) is 0 Å². The van der Waals surface area contributed by atoms with Crippen molar-refractivity contribution < 1.29 is 14.4 Å². The van der Waals surface area contributed by atoms with Crippen LogP contribution in [0.4, 0.5) is 4.79 Å². The number of thioether (sulfide) groups is 1. The van der Waals surface area contributed by atoms with Crippen LogP contribution in [0, 0.1) is 0 Å². The summed E-state index contributed by atoms with van der Waals surface area (Å²) in [4.78, 5) is 43.5. The van der Waals surface area contributed by atoms with Gasteiger partial charge in [-0.2, -0.15) is 0 Å². The third kappa shape index (κ3) is 5.11. The van der Waals surface area contributed by atoms with Crippen molar-refractivity contribution in [1.29, 1.82) is 0 Å². The summed E-state index contributed by atoms with van der Waals surface area (Å²) < 4.78 is 0. The predicted octanol–water partition coefficient (Wildman–Crippen LogP) is 0.558. The van der Waals surface area contributed by atoms with E-state index in [4.69, 9.17) is 0 Å². The van der Waals surface area contributed by atoms with Gasteiger partial charge in [-0.15, -0.1) is 0 Å². The zero-order chi connectivity index (χ0) is 17.5. The van der Waals surface area contributed by atoms with Crippen LogP contribution in [0.25, 0.3) is 0 Å². The van der Waals surface area contributed by atoms with E-state index in [9.17, 15) is 14.4 Å². The molecule has 0 spiro atoms. The fourth-order valence-corrected chi connectivity index (χ4v) is 3.89. The lowest BCUT2D eigenvalue weighted by Crippen LogP contribution is -2.51. The molecule has 0 atom stereocenters. The number of carbonyl (C=O) groups is 3. The van der Waals surface area contributed by atoms with Gasteiger partial charge in [-0.25, -0.2) is 0 Å². The minimum atomic E-state index is 0.0857. The Kier molecular flexibility index (Phi) is 7.36. The van der Waals surface area contributed by atoms with Crippen molar-refractivity contribution in [3.8, 4) is 0 Å². The van der Waals surface area contributed by atoms with Crippen LogP contribution < -0.4 is 0 Å². The molecule has 2 saturated heterocycles. The van der Waals surface area contributed by atoms with Crippen molar-refractivity contribution >= 4 is 28.8 Å². The molecule has 0 unspecified atom stereocenters. The van der Waals surface area contributed by atoms with Gasteiger partial charge in [-0.05, 0) is 13.8 Å². The second-order valence-corrected chi connectivity index (χ2v) is 7.12. The molecule has 8 heteroatoms. The standard InChI is InChI=1S/C16H28N4O3S/c1-3-18(4-2)15(22)13-17-7-9-19(10-8-17)14(21)5-6-20-11-12-24-16(20)23/h3-13H2,1-2H3. The Labute approximate surface area is 148 Å². The van der Waals surface area contributed by atoms with E-state index in [1.54, 1.807) is 4.90 Å². The normalized spacial score (nSPS) is 19.0. The van der Waals surface area contributed by atoms with Crippen molar-refractivity contribution in [2.24, 2.45) is 0 Å². The molecule has 2 aliphatic rings. The zero-order valence-corrected chi connectivity index (χ0v) is 15.5. The van der Waals surface area contributed by atoms with Gasteiger partial charge in [0.1, 0.15) is 0 Å². The summed E-state index contributed by atoms with van der Waals surface area (Å²) in [5, 5.41) is 0.0857. The number of hydrogen-bond donors (Lipinski definition) is 0. The summed E-state index contributed by atoms with van der Waals surface area (Å²) in [5.41, 5.74) is 0. The molecule has 7 nitrogen and oxygen atoms in total. The van der Waals surface area contributed by atoms with E-state index >= 15 is 0 Å². The minimum Gasteiger partial charge on any atom is -0.342 e. The molecule has 2 aliphatic heterocycles. The van der Waals surface area contributed by atoms with Crippen LogP contribution in [0.3, 0.4) is 0 Å². The second-order valence-electron chi connectivity index (χ2n) is 6.07. The average molecular weight is 356 g/mol. The van der Waals surface area contributed by atoms with Gasteiger partial charge in [0.25, 0.3) is 5.24 Å². The SMILES string of the molecule is CCN(CC)C(=O)CN1CCN(C(=O)CCN2CCSC2=O)CC1. The fraction of sp³-hybridized carbons (Fsp3) is 0.812. The maximum atomic E-state index is 12.3. The lowest BCUT2D eigenvalue weighted by atomic mass is 10.2. The molecule has 0 aromatic heterocycles. The summed E-state index contributed by atoms with van der Waals surface area (Å²) in [7, 11) is 0. The van der Waals surface area contributed by atoms with Crippen LogP contribution in [0.2, 0.25) is 0 Å². The Morgan fingerprint density at radius 1 is 1.08 bits per heavy atom. The first-order chi connectivity index (χ1) is 11.5. The van der Waals surface area contributed by atoms with Crippen LogP contribution in [0.15, 0.2) is 0 Å². The molecular weight excluding hydrogens is 328 g/mol. The molecule has 0 aromatic rings. The molecule has 0 saturated carbocycles. The predicted molar refractivity (Wildman–Crippen MR) is 95.0 cm³/mol. The Bertz CT molecular complexity index is 462. The molecule has 2 fully saturated rings. The van der Waals surface area contributed by atoms with Gasteiger partial charge in [0.05, 0.1) is 6.54 Å². The lowest BCUT2D eigenvalue weighted by Gasteiger charge is -2.35.